The van der Waals surface area contributed by atoms with E-state index in [2.05, 4.69) is 6.07 Å². The van der Waals surface area contributed by atoms with Crippen LogP contribution in [0.2, 0.25) is 0 Å². The van der Waals surface area contributed by atoms with E-state index in [1.165, 1.54) is 0 Å². The van der Waals surface area contributed by atoms with E-state index in [0.29, 0.717) is 17.6 Å². The first kappa shape index (κ1) is 16.6. The van der Waals surface area contributed by atoms with Gasteiger partial charge in [0.1, 0.15) is 0 Å². The van der Waals surface area contributed by atoms with Gasteiger partial charge in [0, 0.05) is 23.5 Å². The number of hydrogen-bond donors (Lipinski definition) is 0. The average Bonchev–Trinajstić information content (AvgIpc) is 3.39. The molecule has 6 heteroatoms. The second kappa shape index (κ2) is 6.63. The Morgan fingerprint density at radius 2 is 1.13 bits per heavy atom. The van der Waals surface area contributed by atoms with Crippen LogP contribution >= 0.6 is 0 Å². The SMILES string of the molecule is c1ccc(-c2nc(-c3ccccc3)nc(-n3ccn4c5ccccc5nc34)n2)cc1. The van der Waals surface area contributed by atoms with E-state index in [0.717, 1.165) is 27.9 Å². The van der Waals surface area contributed by atoms with Gasteiger partial charge >= 0.3 is 0 Å². The fraction of sp³-hybridized carbons (Fsp3) is 0. The number of para-hydroxylation sites is 2. The minimum absolute atomic E-state index is 0.535. The molecule has 0 amide bonds. The summed E-state index contributed by atoms with van der Waals surface area (Å²) in [7, 11) is 0. The standard InChI is InChI=1S/C24H16N6/c1-3-9-17(10-4-1)21-26-22(18-11-5-2-6-12-18)28-23(27-21)30-16-15-29-20-14-8-7-13-19(20)25-24(29)30/h1-16H. The molecule has 0 saturated carbocycles. The van der Waals surface area contributed by atoms with Crippen LogP contribution in [0.1, 0.15) is 0 Å². The first-order chi connectivity index (χ1) is 14.9. The molecule has 0 saturated heterocycles. The monoisotopic (exact) mass is 388 g/mol. The van der Waals surface area contributed by atoms with E-state index in [-0.39, 0.29) is 0 Å². The molecule has 3 aromatic heterocycles. The molecule has 30 heavy (non-hydrogen) atoms. The second-order valence-corrected chi connectivity index (χ2v) is 6.95. The summed E-state index contributed by atoms with van der Waals surface area (Å²) in [6.07, 6.45) is 3.92. The number of rotatable bonds is 3. The van der Waals surface area contributed by atoms with Crippen LogP contribution < -0.4 is 0 Å². The maximum Gasteiger partial charge on any atom is 0.240 e. The maximum atomic E-state index is 4.78. The first-order valence-corrected chi connectivity index (χ1v) is 9.68. The molecule has 6 nitrogen and oxygen atoms in total. The fourth-order valence-electron chi connectivity index (χ4n) is 3.61. The predicted octanol–water partition coefficient (Wildman–Crippen LogP) is 4.80. The van der Waals surface area contributed by atoms with Crippen LogP contribution in [-0.2, 0) is 0 Å². The summed E-state index contributed by atoms with van der Waals surface area (Å²) in [5.41, 5.74) is 3.86. The topological polar surface area (TPSA) is 60.9 Å². The van der Waals surface area contributed by atoms with Crippen molar-refractivity contribution in [1.29, 1.82) is 0 Å². The van der Waals surface area contributed by atoms with Crippen molar-refractivity contribution in [2.24, 2.45) is 0 Å². The Balaban J connectivity index is 1.61. The zero-order valence-electron chi connectivity index (χ0n) is 15.9. The normalized spacial score (nSPS) is 11.3. The third-order valence-corrected chi connectivity index (χ3v) is 5.06. The Hall–Kier alpha value is -4.32. The van der Waals surface area contributed by atoms with E-state index in [4.69, 9.17) is 19.9 Å². The van der Waals surface area contributed by atoms with Crippen molar-refractivity contribution >= 4 is 16.8 Å². The lowest BCUT2D eigenvalue weighted by Crippen LogP contribution is -2.06. The van der Waals surface area contributed by atoms with Gasteiger partial charge in [0.25, 0.3) is 0 Å². The quantitative estimate of drug-likeness (QED) is 0.437. The molecule has 6 aromatic rings. The smallest absolute Gasteiger partial charge is 0.240 e. The van der Waals surface area contributed by atoms with Crippen molar-refractivity contribution < 1.29 is 0 Å². The predicted molar refractivity (Wildman–Crippen MR) is 116 cm³/mol. The van der Waals surface area contributed by atoms with Crippen molar-refractivity contribution in [3.8, 4) is 28.7 Å². The lowest BCUT2D eigenvalue weighted by molar-refractivity contribution is 0.919. The Kier molecular flexibility index (Phi) is 3.67. The molecular weight excluding hydrogens is 372 g/mol. The molecule has 0 aliphatic carbocycles. The summed E-state index contributed by atoms with van der Waals surface area (Å²) in [6.45, 7) is 0. The Bertz CT molecular complexity index is 1420. The van der Waals surface area contributed by atoms with Crippen molar-refractivity contribution in [2.45, 2.75) is 0 Å². The van der Waals surface area contributed by atoms with E-state index in [9.17, 15) is 0 Å². The van der Waals surface area contributed by atoms with Gasteiger partial charge in [-0.05, 0) is 12.1 Å². The van der Waals surface area contributed by atoms with Crippen LogP contribution in [0.5, 0.6) is 0 Å². The highest BCUT2D eigenvalue weighted by atomic mass is 15.3. The molecule has 0 fully saturated rings. The minimum Gasteiger partial charge on any atom is -0.283 e. The van der Waals surface area contributed by atoms with E-state index in [1.807, 2.05) is 100 Å². The largest absolute Gasteiger partial charge is 0.283 e. The van der Waals surface area contributed by atoms with Gasteiger partial charge in [-0.2, -0.15) is 9.97 Å². The highest BCUT2D eigenvalue weighted by Crippen LogP contribution is 2.23. The minimum atomic E-state index is 0.535. The summed E-state index contributed by atoms with van der Waals surface area (Å²) in [6, 6.07) is 28.0. The van der Waals surface area contributed by atoms with Crippen LogP contribution in [0.25, 0.3) is 45.5 Å². The molecule has 0 atom stereocenters. The lowest BCUT2D eigenvalue weighted by Gasteiger charge is -2.08. The van der Waals surface area contributed by atoms with Crippen LogP contribution in [-0.4, -0.2) is 28.9 Å². The number of benzene rings is 3. The van der Waals surface area contributed by atoms with E-state index < -0.39 is 0 Å². The Labute approximate surface area is 172 Å². The molecule has 0 unspecified atom stereocenters. The molecule has 0 aliphatic heterocycles. The van der Waals surface area contributed by atoms with Crippen molar-refractivity contribution in [1.82, 2.24) is 28.9 Å². The molecule has 0 N–H and O–H groups in total. The molecule has 6 rings (SSSR count). The van der Waals surface area contributed by atoms with Gasteiger partial charge < -0.3 is 0 Å². The third kappa shape index (κ3) is 2.66. The second-order valence-electron chi connectivity index (χ2n) is 6.95. The highest BCUT2D eigenvalue weighted by Gasteiger charge is 2.15. The molecule has 0 spiro atoms. The molecule has 3 heterocycles. The summed E-state index contributed by atoms with van der Waals surface area (Å²) < 4.78 is 3.95. The van der Waals surface area contributed by atoms with Gasteiger partial charge in [-0.25, -0.2) is 9.97 Å². The van der Waals surface area contributed by atoms with Crippen molar-refractivity contribution in [3.05, 3.63) is 97.3 Å². The molecular formula is C24H16N6. The summed E-state index contributed by atoms with van der Waals surface area (Å²) in [5.74, 6) is 2.55. The highest BCUT2D eigenvalue weighted by molar-refractivity contribution is 5.80. The van der Waals surface area contributed by atoms with E-state index in [1.54, 1.807) is 0 Å². The third-order valence-electron chi connectivity index (χ3n) is 5.06. The van der Waals surface area contributed by atoms with Crippen LogP contribution in [0, 0.1) is 0 Å². The number of imidazole rings is 2. The van der Waals surface area contributed by atoms with Gasteiger partial charge in [-0.1, -0.05) is 72.8 Å². The summed E-state index contributed by atoms with van der Waals surface area (Å²) in [5, 5.41) is 0. The molecule has 142 valence electrons. The lowest BCUT2D eigenvalue weighted by atomic mass is 10.2. The summed E-state index contributed by atoms with van der Waals surface area (Å²) >= 11 is 0. The first-order valence-electron chi connectivity index (χ1n) is 9.68. The van der Waals surface area contributed by atoms with Crippen LogP contribution in [0.3, 0.4) is 0 Å². The molecule has 0 radical (unpaired) electrons. The Morgan fingerprint density at radius 1 is 0.533 bits per heavy atom. The Morgan fingerprint density at radius 3 is 1.80 bits per heavy atom. The number of fused-ring (bicyclic) bond motifs is 3. The van der Waals surface area contributed by atoms with Gasteiger partial charge in [0.05, 0.1) is 11.0 Å². The molecule has 0 aliphatic rings. The van der Waals surface area contributed by atoms with Crippen molar-refractivity contribution in [2.75, 3.05) is 0 Å². The number of aromatic nitrogens is 6. The van der Waals surface area contributed by atoms with Crippen molar-refractivity contribution in [3.63, 3.8) is 0 Å². The van der Waals surface area contributed by atoms with Crippen LogP contribution in [0.4, 0.5) is 0 Å². The molecule has 0 bridgehead atoms. The number of hydrogen-bond acceptors (Lipinski definition) is 4. The summed E-state index contributed by atoms with van der Waals surface area (Å²) in [4.78, 5) is 19.1. The van der Waals surface area contributed by atoms with Gasteiger partial charge in [-0.15, -0.1) is 0 Å². The van der Waals surface area contributed by atoms with Crippen LogP contribution in [0.15, 0.2) is 97.3 Å². The molecule has 3 aromatic carbocycles. The fourth-order valence-corrected chi connectivity index (χ4v) is 3.61. The zero-order chi connectivity index (χ0) is 19.9. The van der Waals surface area contributed by atoms with Gasteiger partial charge in [0.15, 0.2) is 11.6 Å². The average molecular weight is 388 g/mol. The maximum absolute atomic E-state index is 4.78. The van der Waals surface area contributed by atoms with Gasteiger partial charge in [-0.3, -0.25) is 8.97 Å². The van der Waals surface area contributed by atoms with Gasteiger partial charge in [0.2, 0.25) is 11.7 Å². The number of nitrogens with zero attached hydrogens (tertiary/aromatic N) is 6. The zero-order valence-corrected chi connectivity index (χ0v) is 15.9. The van der Waals surface area contributed by atoms with E-state index >= 15 is 0 Å².